The van der Waals surface area contributed by atoms with E-state index >= 15 is 0 Å². The van der Waals surface area contributed by atoms with Crippen LogP contribution < -0.4 is 21.3 Å². The quantitative estimate of drug-likeness (QED) is 0.129. The van der Waals surface area contributed by atoms with Crippen molar-refractivity contribution in [2.24, 2.45) is 35.1 Å². The number of piperidine rings is 2. The highest BCUT2D eigenvalue weighted by atomic mass is 16.3. The topological polar surface area (TPSA) is 170 Å². The van der Waals surface area contributed by atoms with Crippen LogP contribution in [0.3, 0.4) is 0 Å². The van der Waals surface area contributed by atoms with E-state index in [1.807, 2.05) is 24.3 Å². The third-order valence-electron chi connectivity index (χ3n) is 12.8. The number of nitrogens with zero attached hydrogens (tertiary/aromatic N) is 6. The molecule has 8 atom stereocenters. The van der Waals surface area contributed by atoms with Crippen molar-refractivity contribution in [1.82, 2.24) is 19.9 Å². The normalized spacial score (nSPS) is 26.2. The average molecular weight is 809 g/mol. The molecule has 0 bridgehead atoms. The van der Waals surface area contributed by atoms with Gasteiger partial charge in [0.15, 0.2) is 11.6 Å². The Morgan fingerprint density at radius 2 is 1.03 bits per heavy atom. The van der Waals surface area contributed by atoms with Gasteiger partial charge in [-0.1, -0.05) is 27.7 Å². The van der Waals surface area contributed by atoms with E-state index in [1.165, 1.54) is 0 Å². The van der Waals surface area contributed by atoms with E-state index in [9.17, 15) is 9.59 Å². The Morgan fingerprint density at radius 1 is 0.617 bits per heavy atom. The number of Topliss-reactive ketones (excluding diaryl/α,β-unsaturated/α-hetero) is 2. The lowest BCUT2D eigenvalue weighted by atomic mass is 9.95. The molecular formula is C48H56N8O4. The molecule has 10 rings (SSSR count). The number of aromatic nitrogens is 4. The summed E-state index contributed by atoms with van der Waals surface area (Å²) in [6.07, 6.45) is 12.0. The zero-order valence-corrected chi connectivity index (χ0v) is 35.1. The Hall–Kier alpha value is -5.46. The number of carbonyl (C=O) groups excluding carboxylic acids is 2. The fraction of sp³-hybridized carbons (Fsp3) is 0.458. The summed E-state index contributed by atoms with van der Waals surface area (Å²) in [5, 5.41) is 1.91. The first-order valence-corrected chi connectivity index (χ1v) is 21.7. The van der Waals surface area contributed by atoms with E-state index in [0.29, 0.717) is 58.3 Å². The molecule has 4 unspecified atom stereocenters. The van der Waals surface area contributed by atoms with Gasteiger partial charge in [0.2, 0.25) is 11.4 Å². The van der Waals surface area contributed by atoms with Gasteiger partial charge in [0.1, 0.15) is 22.9 Å². The maximum atomic E-state index is 13.1. The zero-order valence-electron chi connectivity index (χ0n) is 35.1. The molecule has 4 fully saturated rings. The number of nitrogens with two attached hydrogens (primary N) is 2. The number of anilines is 2. The minimum Gasteiger partial charge on any atom is -0.442 e. The lowest BCUT2D eigenvalue weighted by Gasteiger charge is -2.37. The first kappa shape index (κ1) is 40.0. The first-order valence-electron chi connectivity index (χ1n) is 21.7. The van der Waals surface area contributed by atoms with E-state index in [4.69, 9.17) is 20.3 Å². The highest BCUT2D eigenvalue weighted by Crippen LogP contribution is 2.49. The molecule has 2 aliphatic heterocycles. The van der Waals surface area contributed by atoms with Gasteiger partial charge in [0, 0.05) is 121 Å². The van der Waals surface area contributed by atoms with Gasteiger partial charge in [0.05, 0.1) is 0 Å². The van der Waals surface area contributed by atoms with Gasteiger partial charge in [-0.25, -0.2) is 9.97 Å². The van der Waals surface area contributed by atoms with Crippen LogP contribution in [0.2, 0.25) is 0 Å². The zero-order chi connectivity index (χ0) is 41.7. The van der Waals surface area contributed by atoms with Crippen molar-refractivity contribution in [1.29, 1.82) is 0 Å². The summed E-state index contributed by atoms with van der Waals surface area (Å²) >= 11 is 0. The SMILES string of the molecule is CC1CC1c1cc2ccc(C(=O)Cc3cnccc3N3C[C@H](C)C[C@H](N)C3)nc2o1.CC1CC1c1cc2ccc(C(=O)Cc3cnccc3N3C[C@H](C)C[C@H](N)C3)nc2o1. The molecule has 0 radical (unpaired) electrons. The van der Waals surface area contributed by atoms with Crippen LogP contribution in [-0.4, -0.2) is 69.8 Å². The lowest BCUT2D eigenvalue weighted by Crippen LogP contribution is -2.46. The van der Waals surface area contributed by atoms with Gasteiger partial charge in [-0.05, 0) is 97.9 Å². The van der Waals surface area contributed by atoms with E-state index in [1.54, 1.807) is 36.9 Å². The van der Waals surface area contributed by atoms with E-state index in [-0.39, 0.29) is 36.5 Å². The molecule has 4 N–H and O–H groups in total. The highest BCUT2D eigenvalue weighted by molar-refractivity contribution is 5.98. The number of fused-ring (bicyclic) bond motifs is 2. The van der Waals surface area contributed by atoms with Crippen molar-refractivity contribution >= 4 is 45.1 Å². The number of hydrogen-bond acceptors (Lipinski definition) is 12. The largest absolute Gasteiger partial charge is 0.442 e. The summed E-state index contributed by atoms with van der Waals surface area (Å²) in [5.41, 5.74) is 18.4. The standard InChI is InChI=1S/2C24H28N4O2/c2*1-14-7-18(25)13-28(12-14)21-5-6-26-11-17(21)9-22(29)20-4-3-16-10-23(19-8-15(19)2)30-24(16)27-20/h2*3-6,10-11,14-15,18-19H,7-9,12-13,25H2,1-2H3/t2*14-,15?,18+,19?/m11/s1. The van der Waals surface area contributed by atoms with Crippen molar-refractivity contribution < 1.29 is 18.4 Å². The van der Waals surface area contributed by atoms with Gasteiger partial charge >= 0.3 is 0 Å². The number of carbonyl (C=O) groups is 2. The van der Waals surface area contributed by atoms with Crippen LogP contribution in [0, 0.1) is 23.7 Å². The number of furan rings is 2. The van der Waals surface area contributed by atoms with Gasteiger partial charge in [-0.3, -0.25) is 19.6 Å². The first-order chi connectivity index (χ1) is 28.9. The third kappa shape index (κ3) is 8.72. The van der Waals surface area contributed by atoms with Crippen LogP contribution in [-0.2, 0) is 12.8 Å². The van der Waals surface area contributed by atoms with Crippen molar-refractivity contribution in [3.8, 4) is 0 Å². The molecule has 0 amide bonds. The van der Waals surface area contributed by atoms with Crippen molar-refractivity contribution in [2.75, 3.05) is 36.0 Å². The Kier molecular flexibility index (Phi) is 11.0. The van der Waals surface area contributed by atoms with Gasteiger partial charge in [-0.15, -0.1) is 0 Å². The summed E-state index contributed by atoms with van der Waals surface area (Å²) in [7, 11) is 0. The molecule has 0 aromatic carbocycles. The average Bonchev–Trinajstić information content (AvgIpc) is 4.02. The molecule has 0 spiro atoms. The monoisotopic (exact) mass is 808 g/mol. The predicted molar refractivity (Wildman–Crippen MR) is 234 cm³/mol. The smallest absolute Gasteiger partial charge is 0.226 e. The van der Waals surface area contributed by atoms with Crippen molar-refractivity contribution in [2.45, 2.75) is 90.1 Å². The van der Waals surface area contributed by atoms with Crippen LogP contribution >= 0.6 is 0 Å². The van der Waals surface area contributed by atoms with Crippen LogP contribution in [0.4, 0.5) is 11.4 Å². The summed E-state index contributed by atoms with van der Waals surface area (Å²) in [6, 6.07) is 15.9. The minimum absolute atomic E-state index is 0.0294. The molecule has 12 nitrogen and oxygen atoms in total. The molecule has 6 aromatic rings. The van der Waals surface area contributed by atoms with E-state index in [2.05, 4.69) is 69.6 Å². The second-order valence-corrected chi connectivity index (χ2v) is 18.3. The number of rotatable bonds is 10. The number of pyridine rings is 4. The number of ketones is 2. The van der Waals surface area contributed by atoms with Crippen molar-refractivity contribution in [3.05, 3.63) is 107 Å². The highest BCUT2D eigenvalue weighted by Gasteiger charge is 2.38. The molecule has 6 aromatic heterocycles. The Labute approximate surface area is 351 Å². The van der Waals surface area contributed by atoms with Crippen LogP contribution in [0.5, 0.6) is 0 Å². The van der Waals surface area contributed by atoms with Crippen LogP contribution in [0.1, 0.15) is 109 Å². The second-order valence-electron chi connectivity index (χ2n) is 18.3. The van der Waals surface area contributed by atoms with Crippen LogP contribution in [0.15, 0.2) is 82.2 Å². The summed E-state index contributed by atoms with van der Waals surface area (Å²) in [4.78, 5) is 48.2. The van der Waals surface area contributed by atoms with Crippen LogP contribution in [0.25, 0.3) is 22.2 Å². The van der Waals surface area contributed by atoms with E-state index in [0.717, 1.165) is 96.7 Å². The maximum Gasteiger partial charge on any atom is 0.226 e. The van der Waals surface area contributed by atoms with E-state index < -0.39 is 0 Å². The fourth-order valence-electron chi connectivity index (χ4n) is 9.44. The molecule has 2 saturated heterocycles. The molecule has 12 heteroatoms. The van der Waals surface area contributed by atoms with Gasteiger partial charge < -0.3 is 30.1 Å². The summed E-state index contributed by atoms with van der Waals surface area (Å²) in [5.74, 6) is 5.29. The molecule has 2 aliphatic carbocycles. The Balaban J connectivity index is 0.000000154. The van der Waals surface area contributed by atoms with Crippen molar-refractivity contribution in [3.63, 3.8) is 0 Å². The number of hydrogen-bond donors (Lipinski definition) is 2. The van der Waals surface area contributed by atoms with Gasteiger partial charge in [0.25, 0.3) is 0 Å². The second kappa shape index (κ2) is 16.5. The molecule has 60 heavy (non-hydrogen) atoms. The molecule has 8 heterocycles. The fourth-order valence-corrected chi connectivity index (χ4v) is 9.44. The molecular weight excluding hydrogens is 753 g/mol. The lowest BCUT2D eigenvalue weighted by molar-refractivity contribution is 0.0980. The Bertz CT molecular complexity index is 2340. The van der Waals surface area contributed by atoms with Gasteiger partial charge in [-0.2, -0.15) is 0 Å². The predicted octanol–water partition coefficient (Wildman–Crippen LogP) is 7.89. The summed E-state index contributed by atoms with van der Waals surface area (Å²) in [6.45, 7) is 12.4. The Morgan fingerprint density at radius 3 is 1.42 bits per heavy atom. The maximum absolute atomic E-state index is 13.1. The summed E-state index contributed by atoms with van der Waals surface area (Å²) < 4.78 is 11.9. The molecule has 312 valence electrons. The molecule has 2 saturated carbocycles. The third-order valence-corrected chi connectivity index (χ3v) is 12.8. The minimum atomic E-state index is -0.0294. The molecule has 4 aliphatic rings.